The Morgan fingerprint density at radius 1 is 1.25 bits per heavy atom. The number of carbonyl (C=O) groups is 1. The van der Waals surface area contributed by atoms with Crippen LogP contribution < -0.4 is 10.2 Å². The Morgan fingerprint density at radius 2 is 2.03 bits per heavy atom. The van der Waals surface area contributed by atoms with E-state index in [0.29, 0.717) is 30.8 Å². The zero-order valence-electron chi connectivity index (χ0n) is 18.4. The maximum absolute atomic E-state index is 12.5. The lowest BCUT2D eigenvalue weighted by Gasteiger charge is -2.34. The number of benzene rings is 1. The van der Waals surface area contributed by atoms with Crippen molar-refractivity contribution in [1.29, 1.82) is 0 Å². The lowest BCUT2D eigenvalue weighted by molar-refractivity contribution is 0.0694. The molecule has 4 rings (SSSR count). The van der Waals surface area contributed by atoms with Gasteiger partial charge in [-0.15, -0.1) is 0 Å². The van der Waals surface area contributed by atoms with Crippen LogP contribution in [-0.2, 0) is 13.0 Å². The summed E-state index contributed by atoms with van der Waals surface area (Å²) in [6.45, 7) is 4.92. The van der Waals surface area contributed by atoms with Crippen molar-refractivity contribution in [3.05, 3.63) is 58.1 Å². The standard InChI is InChI=1S/C24H27N3O5/c1-14(2)20-8-15-7-18(16-11-25-26(12-16)5-4-6-28)23(32-3)9-17(15)21-10-22(29)19(24(30)31)13-27(20)21/h7,9-14,20,28H,4-6,8H2,1-3H3,(H,30,31). The average molecular weight is 437 g/mol. The van der Waals surface area contributed by atoms with Gasteiger partial charge in [0.25, 0.3) is 0 Å². The van der Waals surface area contributed by atoms with Crippen molar-refractivity contribution in [3.8, 4) is 28.1 Å². The zero-order valence-corrected chi connectivity index (χ0v) is 18.4. The molecule has 2 aromatic heterocycles. The fraction of sp³-hybridized carbons (Fsp3) is 0.375. The topological polar surface area (TPSA) is 107 Å². The van der Waals surface area contributed by atoms with Gasteiger partial charge in [-0.05, 0) is 36.5 Å². The quantitative estimate of drug-likeness (QED) is 0.588. The van der Waals surface area contributed by atoms with Gasteiger partial charge in [0.05, 0.1) is 19.0 Å². The van der Waals surface area contributed by atoms with Gasteiger partial charge in [-0.3, -0.25) is 9.48 Å². The largest absolute Gasteiger partial charge is 0.496 e. The van der Waals surface area contributed by atoms with E-state index >= 15 is 0 Å². The van der Waals surface area contributed by atoms with Gasteiger partial charge in [0.2, 0.25) is 0 Å². The van der Waals surface area contributed by atoms with Crippen molar-refractivity contribution < 1.29 is 19.7 Å². The Morgan fingerprint density at radius 3 is 2.69 bits per heavy atom. The van der Waals surface area contributed by atoms with Crippen LogP contribution in [0.3, 0.4) is 0 Å². The lowest BCUT2D eigenvalue weighted by atomic mass is 9.85. The van der Waals surface area contributed by atoms with Crippen molar-refractivity contribution in [3.63, 3.8) is 0 Å². The maximum atomic E-state index is 12.5. The molecule has 1 aliphatic rings. The van der Waals surface area contributed by atoms with Crippen LogP contribution in [0.25, 0.3) is 22.4 Å². The summed E-state index contributed by atoms with van der Waals surface area (Å²) in [7, 11) is 1.60. The first-order valence-corrected chi connectivity index (χ1v) is 10.7. The van der Waals surface area contributed by atoms with E-state index < -0.39 is 11.4 Å². The molecule has 0 saturated heterocycles. The third kappa shape index (κ3) is 3.82. The van der Waals surface area contributed by atoms with Gasteiger partial charge in [0.1, 0.15) is 11.3 Å². The van der Waals surface area contributed by atoms with E-state index in [-0.39, 0.29) is 24.1 Å². The number of carboxylic acid groups (broad SMARTS) is 1. The van der Waals surface area contributed by atoms with Crippen LogP contribution in [0.2, 0.25) is 0 Å². The molecule has 3 aromatic rings. The zero-order chi connectivity index (χ0) is 23.0. The number of hydrogen-bond donors (Lipinski definition) is 2. The summed E-state index contributed by atoms with van der Waals surface area (Å²) < 4.78 is 9.40. The van der Waals surface area contributed by atoms with Gasteiger partial charge in [0.15, 0.2) is 5.43 Å². The predicted molar refractivity (Wildman–Crippen MR) is 120 cm³/mol. The summed E-state index contributed by atoms with van der Waals surface area (Å²) in [5.41, 5.74) is 3.72. The SMILES string of the molecule is COc1cc2c(cc1-c1cnn(CCCO)c1)CC(C(C)C)n1cc(C(=O)O)c(=O)cc1-2. The molecular formula is C24H27N3O5. The monoisotopic (exact) mass is 437 g/mol. The molecule has 168 valence electrons. The van der Waals surface area contributed by atoms with Gasteiger partial charge in [-0.1, -0.05) is 13.8 Å². The highest BCUT2D eigenvalue weighted by Crippen LogP contribution is 2.42. The van der Waals surface area contributed by atoms with Gasteiger partial charge in [-0.25, -0.2) is 4.79 Å². The Kier molecular flexibility index (Phi) is 5.88. The first-order chi connectivity index (χ1) is 15.3. The molecule has 0 fully saturated rings. The van der Waals surface area contributed by atoms with Crippen LogP contribution in [0.5, 0.6) is 5.75 Å². The molecule has 3 heterocycles. The van der Waals surface area contributed by atoms with Crippen LogP contribution in [-0.4, -0.2) is 44.2 Å². The summed E-state index contributed by atoms with van der Waals surface area (Å²) in [6, 6.07) is 5.43. The molecule has 8 nitrogen and oxygen atoms in total. The van der Waals surface area contributed by atoms with Crippen LogP contribution in [0.15, 0.2) is 41.6 Å². The minimum Gasteiger partial charge on any atom is -0.496 e. The van der Waals surface area contributed by atoms with Gasteiger partial charge >= 0.3 is 5.97 Å². The van der Waals surface area contributed by atoms with Crippen molar-refractivity contribution in [2.75, 3.05) is 13.7 Å². The number of methoxy groups -OCH3 is 1. The number of pyridine rings is 1. The lowest BCUT2D eigenvalue weighted by Crippen LogP contribution is -2.28. The highest BCUT2D eigenvalue weighted by atomic mass is 16.5. The number of carboxylic acids is 1. The van der Waals surface area contributed by atoms with Crippen molar-refractivity contribution in [2.45, 2.75) is 39.3 Å². The highest BCUT2D eigenvalue weighted by molar-refractivity contribution is 5.88. The fourth-order valence-electron chi connectivity index (χ4n) is 4.37. The van der Waals surface area contributed by atoms with Gasteiger partial charge < -0.3 is 19.5 Å². The number of aromatic nitrogens is 3. The van der Waals surface area contributed by atoms with Crippen LogP contribution in [0.4, 0.5) is 0 Å². The molecule has 32 heavy (non-hydrogen) atoms. The fourth-order valence-corrected chi connectivity index (χ4v) is 4.37. The third-order valence-electron chi connectivity index (χ3n) is 6.06. The summed E-state index contributed by atoms with van der Waals surface area (Å²) in [4.78, 5) is 24.0. The van der Waals surface area contributed by atoms with E-state index in [1.807, 2.05) is 16.8 Å². The summed E-state index contributed by atoms with van der Waals surface area (Å²) in [6.07, 6.45) is 6.52. The Labute approximate surface area is 185 Å². The molecule has 0 spiro atoms. The first kappa shape index (κ1) is 21.8. The summed E-state index contributed by atoms with van der Waals surface area (Å²) in [5, 5.41) is 22.9. The van der Waals surface area contributed by atoms with Gasteiger partial charge in [0, 0.05) is 54.3 Å². The minimum absolute atomic E-state index is 0.0183. The van der Waals surface area contributed by atoms with Crippen LogP contribution in [0.1, 0.15) is 42.2 Å². The molecule has 0 saturated carbocycles. The van der Waals surface area contributed by atoms with Crippen molar-refractivity contribution >= 4 is 5.97 Å². The Balaban J connectivity index is 1.87. The molecule has 1 unspecified atom stereocenters. The van der Waals surface area contributed by atoms with Crippen LogP contribution in [0, 0.1) is 5.92 Å². The number of rotatable bonds is 7. The minimum atomic E-state index is -1.22. The highest BCUT2D eigenvalue weighted by Gasteiger charge is 2.29. The number of nitrogens with zero attached hydrogens (tertiary/aromatic N) is 3. The van der Waals surface area contributed by atoms with E-state index in [1.54, 1.807) is 18.0 Å². The number of aliphatic hydroxyl groups excluding tert-OH is 1. The molecule has 0 bridgehead atoms. The summed E-state index contributed by atoms with van der Waals surface area (Å²) in [5.74, 6) is -0.336. The number of aromatic carboxylic acids is 1. The third-order valence-corrected chi connectivity index (χ3v) is 6.06. The second-order valence-electron chi connectivity index (χ2n) is 8.44. The molecule has 8 heteroatoms. The van der Waals surface area contributed by atoms with Crippen LogP contribution >= 0.6 is 0 Å². The van der Waals surface area contributed by atoms with E-state index in [2.05, 4.69) is 25.0 Å². The first-order valence-electron chi connectivity index (χ1n) is 10.7. The molecule has 0 amide bonds. The number of ether oxygens (including phenoxy) is 1. The number of hydrogen-bond acceptors (Lipinski definition) is 5. The number of aliphatic hydroxyl groups is 1. The second-order valence-corrected chi connectivity index (χ2v) is 8.44. The van der Waals surface area contributed by atoms with E-state index in [1.165, 1.54) is 12.3 Å². The number of fused-ring (bicyclic) bond motifs is 3. The maximum Gasteiger partial charge on any atom is 0.341 e. The van der Waals surface area contributed by atoms with Crippen molar-refractivity contribution in [1.82, 2.24) is 14.3 Å². The van der Waals surface area contributed by atoms with Gasteiger partial charge in [-0.2, -0.15) is 5.10 Å². The molecule has 1 atom stereocenters. The smallest absolute Gasteiger partial charge is 0.341 e. The molecular weight excluding hydrogens is 410 g/mol. The summed E-state index contributed by atoms with van der Waals surface area (Å²) >= 11 is 0. The van der Waals surface area contributed by atoms with E-state index in [9.17, 15) is 14.7 Å². The average Bonchev–Trinajstić information content (AvgIpc) is 3.24. The molecule has 1 aromatic carbocycles. The normalized spacial score (nSPS) is 14.8. The van der Waals surface area contributed by atoms with E-state index in [4.69, 9.17) is 9.84 Å². The molecule has 1 aliphatic heterocycles. The number of aryl methyl sites for hydroxylation is 1. The molecule has 2 N–H and O–H groups in total. The predicted octanol–water partition coefficient (Wildman–Crippen LogP) is 3.22. The molecule has 0 aliphatic carbocycles. The molecule has 0 radical (unpaired) electrons. The Bertz CT molecular complexity index is 1220. The van der Waals surface area contributed by atoms with E-state index in [0.717, 1.165) is 22.3 Å². The van der Waals surface area contributed by atoms with Crippen molar-refractivity contribution in [2.24, 2.45) is 5.92 Å². The second kappa shape index (κ2) is 8.63. The Hall–Kier alpha value is -3.39.